The number of carbonyl (C=O) groups excluding carboxylic acids is 2. The molecule has 0 unspecified atom stereocenters. The van der Waals surface area contributed by atoms with Crippen molar-refractivity contribution in [1.29, 1.82) is 0 Å². The van der Waals surface area contributed by atoms with E-state index in [0.717, 1.165) is 44.7 Å². The van der Waals surface area contributed by atoms with Gasteiger partial charge in [0.15, 0.2) is 0 Å². The van der Waals surface area contributed by atoms with Gasteiger partial charge < -0.3 is 24.5 Å². The summed E-state index contributed by atoms with van der Waals surface area (Å²) in [6.07, 6.45) is 1.22. The first-order valence-corrected chi connectivity index (χ1v) is 12.9. The number of amides is 2. The third-order valence-corrected chi connectivity index (χ3v) is 7.38. The summed E-state index contributed by atoms with van der Waals surface area (Å²) in [4.78, 5) is 32.6. The first kappa shape index (κ1) is 24.6. The van der Waals surface area contributed by atoms with Crippen molar-refractivity contribution in [3.05, 3.63) is 59.2 Å². The first-order chi connectivity index (χ1) is 17.3. The van der Waals surface area contributed by atoms with Crippen LogP contribution in [0, 0.1) is 0 Å². The quantitative estimate of drug-likeness (QED) is 0.622. The van der Waals surface area contributed by atoms with Crippen molar-refractivity contribution in [2.24, 2.45) is 0 Å². The van der Waals surface area contributed by atoms with Gasteiger partial charge in [0.25, 0.3) is 5.91 Å². The van der Waals surface area contributed by atoms with Crippen LogP contribution in [0.3, 0.4) is 0 Å². The molecule has 8 nitrogen and oxygen atoms in total. The van der Waals surface area contributed by atoms with Gasteiger partial charge in [-0.2, -0.15) is 0 Å². The number of carbonyl (C=O) groups is 2. The number of nitrogens with zero attached hydrogens (tertiary/aromatic N) is 4. The lowest BCUT2D eigenvalue weighted by molar-refractivity contribution is -0.118. The molecule has 3 aliphatic heterocycles. The van der Waals surface area contributed by atoms with Crippen LogP contribution in [0.25, 0.3) is 0 Å². The predicted octanol–water partition coefficient (Wildman–Crippen LogP) is 2.00. The number of rotatable bonds is 6. The Morgan fingerprint density at radius 1 is 1.03 bits per heavy atom. The number of benzene rings is 2. The number of piperazine rings is 1. The number of hydrogen-bond acceptors (Lipinski definition) is 6. The third-order valence-electron chi connectivity index (χ3n) is 7.38. The molecule has 3 heterocycles. The van der Waals surface area contributed by atoms with Crippen molar-refractivity contribution in [2.75, 3.05) is 57.3 Å². The van der Waals surface area contributed by atoms with Crippen LogP contribution in [0.1, 0.15) is 35.3 Å². The maximum absolute atomic E-state index is 13.5. The summed E-state index contributed by atoms with van der Waals surface area (Å²) < 4.78 is 6.34. The van der Waals surface area contributed by atoms with E-state index < -0.39 is 11.7 Å². The van der Waals surface area contributed by atoms with Gasteiger partial charge in [0.05, 0.1) is 18.2 Å². The molecule has 1 saturated heterocycles. The molecule has 0 aromatic heterocycles. The molecule has 2 aromatic rings. The van der Waals surface area contributed by atoms with Gasteiger partial charge in [-0.1, -0.05) is 24.3 Å². The van der Waals surface area contributed by atoms with E-state index in [2.05, 4.69) is 34.1 Å². The lowest BCUT2D eigenvalue weighted by Gasteiger charge is -2.34. The smallest absolute Gasteiger partial charge is 0.257 e. The fourth-order valence-corrected chi connectivity index (χ4v) is 5.55. The minimum absolute atomic E-state index is 0.115. The second-order valence-corrected chi connectivity index (χ2v) is 10.8. The second-order valence-electron chi connectivity index (χ2n) is 10.8. The van der Waals surface area contributed by atoms with E-state index in [1.165, 1.54) is 11.1 Å². The normalized spacial score (nSPS) is 20.8. The van der Waals surface area contributed by atoms with Gasteiger partial charge in [0.1, 0.15) is 11.4 Å². The molecule has 8 heteroatoms. The molecule has 0 spiro atoms. The summed E-state index contributed by atoms with van der Waals surface area (Å²) in [7, 11) is 0. The number of ether oxygens (including phenoxy) is 1. The van der Waals surface area contributed by atoms with E-state index in [1.807, 2.05) is 32.0 Å². The molecule has 36 heavy (non-hydrogen) atoms. The summed E-state index contributed by atoms with van der Waals surface area (Å²) in [5.74, 6) is 0.459. The molecule has 2 amide bonds. The van der Waals surface area contributed by atoms with Crippen LogP contribution >= 0.6 is 0 Å². The molecule has 1 N–H and O–H groups in total. The third kappa shape index (κ3) is 5.34. The molecular formula is C28H36N4O4. The SMILES string of the molecule is CC1(C)CN(C[C@H](O)CN2CCc3ccccc3C2)C(=O)c2ccc(N3CCN(C=O)CC3)cc2O1. The summed E-state index contributed by atoms with van der Waals surface area (Å²) in [5, 5.41) is 11.0. The van der Waals surface area contributed by atoms with Crippen LogP contribution in [-0.2, 0) is 17.8 Å². The minimum atomic E-state index is -0.648. The predicted molar refractivity (Wildman–Crippen MR) is 138 cm³/mol. The Labute approximate surface area is 213 Å². The number of anilines is 1. The molecule has 2 aromatic carbocycles. The van der Waals surface area contributed by atoms with Crippen molar-refractivity contribution in [3.63, 3.8) is 0 Å². The molecule has 0 saturated carbocycles. The Morgan fingerprint density at radius 2 is 1.78 bits per heavy atom. The molecule has 192 valence electrons. The number of hydrogen-bond donors (Lipinski definition) is 1. The van der Waals surface area contributed by atoms with Crippen LogP contribution < -0.4 is 9.64 Å². The highest BCUT2D eigenvalue weighted by Gasteiger charge is 2.35. The maximum Gasteiger partial charge on any atom is 0.257 e. The Bertz CT molecular complexity index is 1110. The second kappa shape index (κ2) is 10.1. The molecule has 3 aliphatic rings. The van der Waals surface area contributed by atoms with Crippen molar-refractivity contribution in [3.8, 4) is 5.75 Å². The topological polar surface area (TPSA) is 76.6 Å². The van der Waals surface area contributed by atoms with Gasteiger partial charge in [-0.15, -0.1) is 0 Å². The lowest BCUT2D eigenvalue weighted by atomic mass is 9.99. The average molecular weight is 493 g/mol. The zero-order chi connectivity index (χ0) is 25.3. The largest absolute Gasteiger partial charge is 0.485 e. The molecule has 5 rings (SSSR count). The van der Waals surface area contributed by atoms with E-state index in [1.54, 1.807) is 9.80 Å². The standard InChI is InChI=1S/C28H36N4O4/c1-28(2)19-32(18-24(34)17-30-10-9-21-5-3-4-6-22(21)16-30)27(35)25-8-7-23(15-26(25)36-28)31-13-11-29(20-33)12-14-31/h3-8,15,20,24,34H,9-14,16-19H2,1-2H3/t24-/m1/s1. The number of β-amino-alcohol motifs (C(OH)–C–C–N with tert-alkyl or cyclic N) is 1. The van der Waals surface area contributed by atoms with E-state index in [0.29, 0.717) is 37.5 Å². The van der Waals surface area contributed by atoms with Crippen LogP contribution in [0.4, 0.5) is 5.69 Å². The van der Waals surface area contributed by atoms with Gasteiger partial charge >= 0.3 is 0 Å². The first-order valence-electron chi connectivity index (χ1n) is 12.9. The Balaban J connectivity index is 1.27. The summed E-state index contributed by atoms with van der Waals surface area (Å²) in [6, 6.07) is 14.2. The van der Waals surface area contributed by atoms with Crippen molar-refractivity contribution < 1.29 is 19.4 Å². The Hall–Kier alpha value is -3.10. The molecule has 0 aliphatic carbocycles. The summed E-state index contributed by atoms with van der Waals surface area (Å²) in [6.45, 7) is 9.72. The summed E-state index contributed by atoms with van der Waals surface area (Å²) in [5.41, 5.74) is 3.61. The zero-order valence-electron chi connectivity index (χ0n) is 21.2. The fraction of sp³-hybridized carbons (Fsp3) is 0.500. The van der Waals surface area contributed by atoms with Gasteiger partial charge in [-0.3, -0.25) is 14.5 Å². The minimum Gasteiger partial charge on any atom is -0.485 e. The Kier molecular flexibility index (Phi) is 6.90. The van der Waals surface area contributed by atoms with Gasteiger partial charge in [0.2, 0.25) is 6.41 Å². The monoisotopic (exact) mass is 492 g/mol. The fourth-order valence-electron chi connectivity index (χ4n) is 5.55. The molecule has 1 fully saturated rings. The number of fused-ring (bicyclic) bond motifs is 2. The van der Waals surface area contributed by atoms with Crippen LogP contribution in [0.5, 0.6) is 5.75 Å². The average Bonchev–Trinajstić information content (AvgIpc) is 2.96. The highest BCUT2D eigenvalue weighted by Crippen LogP contribution is 2.33. The van der Waals surface area contributed by atoms with Gasteiger partial charge in [0, 0.05) is 64.1 Å². The van der Waals surface area contributed by atoms with Gasteiger partial charge in [-0.05, 0) is 43.5 Å². The number of aliphatic hydroxyl groups is 1. The summed E-state index contributed by atoms with van der Waals surface area (Å²) >= 11 is 0. The van der Waals surface area contributed by atoms with Crippen molar-refractivity contribution >= 4 is 18.0 Å². The van der Waals surface area contributed by atoms with Crippen LogP contribution in [-0.4, -0.2) is 96.2 Å². The zero-order valence-corrected chi connectivity index (χ0v) is 21.2. The lowest BCUT2D eigenvalue weighted by Crippen LogP contribution is -2.48. The van der Waals surface area contributed by atoms with E-state index in [4.69, 9.17) is 4.74 Å². The van der Waals surface area contributed by atoms with Crippen molar-refractivity contribution in [1.82, 2.24) is 14.7 Å². The highest BCUT2D eigenvalue weighted by molar-refractivity contribution is 5.98. The van der Waals surface area contributed by atoms with Gasteiger partial charge in [-0.25, -0.2) is 0 Å². The molecule has 1 atom stereocenters. The molecule has 0 radical (unpaired) electrons. The van der Waals surface area contributed by atoms with Crippen LogP contribution in [0.2, 0.25) is 0 Å². The maximum atomic E-state index is 13.5. The van der Waals surface area contributed by atoms with E-state index in [9.17, 15) is 14.7 Å². The highest BCUT2D eigenvalue weighted by atomic mass is 16.5. The van der Waals surface area contributed by atoms with E-state index >= 15 is 0 Å². The van der Waals surface area contributed by atoms with Crippen LogP contribution in [0.15, 0.2) is 42.5 Å². The molecular weight excluding hydrogens is 456 g/mol. The Morgan fingerprint density at radius 3 is 2.53 bits per heavy atom. The van der Waals surface area contributed by atoms with E-state index in [-0.39, 0.29) is 12.5 Å². The number of aliphatic hydroxyl groups excluding tert-OH is 1. The van der Waals surface area contributed by atoms with Crippen molar-refractivity contribution in [2.45, 2.75) is 38.5 Å². The molecule has 0 bridgehead atoms.